The van der Waals surface area contributed by atoms with Gasteiger partial charge < -0.3 is 10.1 Å². The Hall–Kier alpha value is -1.36. The van der Waals surface area contributed by atoms with Crippen LogP contribution >= 0.6 is 35.0 Å². The third kappa shape index (κ3) is 6.14. The van der Waals surface area contributed by atoms with Crippen LogP contribution < -0.4 is 10.1 Å². The smallest absolute Gasteiger partial charge is 0.230 e. The Labute approximate surface area is 163 Å². The predicted octanol–water partition coefficient (Wildman–Crippen LogP) is 5.50. The molecule has 0 aliphatic carbocycles. The molecule has 0 bridgehead atoms. The van der Waals surface area contributed by atoms with E-state index in [1.54, 1.807) is 19.2 Å². The first kappa shape index (κ1) is 20.0. The Morgan fingerprint density at radius 3 is 2.52 bits per heavy atom. The Kier molecular flexibility index (Phi) is 7.94. The van der Waals surface area contributed by atoms with E-state index in [1.165, 1.54) is 11.8 Å². The number of hydrogen-bond donors (Lipinski definition) is 1. The summed E-state index contributed by atoms with van der Waals surface area (Å²) < 4.78 is 5.17. The van der Waals surface area contributed by atoms with E-state index in [0.717, 1.165) is 23.3 Å². The maximum atomic E-state index is 12.2. The van der Waals surface area contributed by atoms with Crippen LogP contribution in [0.2, 0.25) is 10.0 Å². The van der Waals surface area contributed by atoms with Gasteiger partial charge in [-0.15, -0.1) is 11.8 Å². The van der Waals surface area contributed by atoms with E-state index in [0.29, 0.717) is 21.6 Å². The van der Waals surface area contributed by atoms with Gasteiger partial charge in [0.15, 0.2) is 0 Å². The minimum atomic E-state index is -0.00174. The summed E-state index contributed by atoms with van der Waals surface area (Å²) in [6.07, 6.45) is 0.825. The third-order valence-electron chi connectivity index (χ3n) is 3.77. The molecular formula is C19H21Cl2NO2S. The molecule has 2 aromatic rings. The molecule has 1 N–H and O–H groups in total. The Balaban J connectivity index is 1.85. The van der Waals surface area contributed by atoms with Crippen molar-refractivity contribution in [1.82, 2.24) is 5.32 Å². The molecule has 0 saturated carbocycles. The number of rotatable bonds is 8. The van der Waals surface area contributed by atoms with E-state index in [2.05, 4.69) is 12.2 Å². The minimum absolute atomic E-state index is 0.00174. The highest BCUT2D eigenvalue weighted by Crippen LogP contribution is 2.25. The van der Waals surface area contributed by atoms with Crippen LogP contribution in [0, 0.1) is 0 Å². The first-order chi connectivity index (χ1) is 12.0. The summed E-state index contributed by atoms with van der Waals surface area (Å²) in [5, 5.41) is 4.32. The van der Waals surface area contributed by atoms with Crippen molar-refractivity contribution in [3.8, 4) is 5.75 Å². The molecule has 25 heavy (non-hydrogen) atoms. The quantitative estimate of drug-likeness (QED) is 0.638. The van der Waals surface area contributed by atoms with Gasteiger partial charge in [-0.25, -0.2) is 0 Å². The number of methoxy groups -OCH3 is 1. The van der Waals surface area contributed by atoms with E-state index in [9.17, 15) is 4.79 Å². The van der Waals surface area contributed by atoms with Gasteiger partial charge >= 0.3 is 0 Å². The highest BCUT2D eigenvalue weighted by Gasteiger charge is 2.13. The summed E-state index contributed by atoms with van der Waals surface area (Å²) >= 11 is 13.6. The molecule has 0 fully saturated rings. The first-order valence-corrected chi connectivity index (χ1v) is 9.89. The van der Waals surface area contributed by atoms with Crippen molar-refractivity contribution >= 4 is 40.9 Å². The second kappa shape index (κ2) is 9.95. The normalized spacial score (nSPS) is 11.8. The maximum Gasteiger partial charge on any atom is 0.230 e. The topological polar surface area (TPSA) is 38.3 Å². The molecule has 0 saturated heterocycles. The summed E-state index contributed by atoms with van der Waals surface area (Å²) in [5.74, 6) is 1.87. The molecule has 0 aliphatic heterocycles. The van der Waals surface area contributed by atoms with E-state index in [1.807, 2.05) is 30.3 Å². The largest absolute Gasteiger partial charge is 0.497 e. The molecule has 0 aromatic heterocycles. The van der Waals surface area contributed by atoms with E-state index in [4.69, 9.17) is 27.9 Å². The third-order valence-corrected chi connectivity index (χ3v) is 5.34. The van der Waals surface area contributed by atoms with Crippen molar-refractivity contribution in [2.45, 2.75) is 25.1 Å². The van der Waals surface area contributed by atoms with E-state index in [-0.39, 0.29) is 11.9 Å². The van der Waals surface area contributed by atoms with Crippen molar-refractivity contribution in [2.24, 2.45) is 0 Å². The highest BCUT2D eigenvalue weighted by molar-refractivity contribution is 7.99. The first-order valence-electron chi connectivity index (χ1n) is 7.98. The van der Waals surface area contributed by atoms with Crippen molar-refractivity contribution < 1.29 is 9.53 Å². The summed E-state index contributed by atoms with van der Waals surface area (Å²) in [5.41, 5.74) is 2.05. The monoisotopic (exact) mass is 397 g/mol. The molecule has 0 aliphatic rings. The number of carbonyl (C=O) groups excluding carboxylic acids is 1. The fraction of sp³-hybridized carbons (Fsp3) is 0.316. The average molecular weight is 398 g/mol. The Morgan fingerprint density at radius 2 is 1.92 bits per heavy atom. The van der Waals surface area contributed by atoms with Crippen LogP contribution in [0.3, 0.4) is 0 Å². The van der Waals surface area contributed by atoms with Crippen molar-refractivity contribution in [1.29, 1.82) is 0 Å². The number of ether oxygens (including phenoxy) is 1. The zero-order chi connectivity index (χ0) is 18.2. The van der Waals surface area contributed by atoms with Crippen molar-refractivity contribution in [2.75, 3.05) is 12.9 Å². The molecule has 1 atom stereocenters. The van der Waals surface area contributed by atoms with Crippen LogP contribution in [0.5, 0.6) is 5.75 Å². The second-order valence-corrected chi connectivity index (χ2v) is 7.36. The maximum absolute atomic E-state index is 12.2. The number of benzene rings is 2. The van der Waals surface area contributed by atoms with Gasteiger partial charge in [0.1, 0.15) is 5.75 Å². The molecule has 2 rings (SSSR count). The Bertz CT molecular complexity index is 707. The van der Waals surface area contributed by atoms with Gasteiger partial charge in [0.05, 0.1) is 18.9 Å². The summed E-state index contributed by atoms with van der Waals surface area (Å²) in [6, 6.07) is 13.2. The molecule has 0 unspecified atom stereocenters. The van der Waals surface area contributed by atoms with Gasteiger partial charge in [-0.2, -0.15) is 0 Å². The van der Waals surface area contributed by atoms with E-state index >= 15 is 0 Å². The minimum Gasteiger partial charge on any atom is -0.497 e. The number of nitrogens with one attached hydrogen (secondary N) is 1. The van der Waals surface area contributed by atoms with Gasteiger partial charge in [-0.05, 0) is 41.8 Å². The van der Waals surface area contributed by atoms with Crippen molar-refractivity contribution in [3.63, 3.8) is 0 Å². The fourth-order valence-corrected chi connectivity index (χ4v) is 3.78. The Morgan fingerprint density at radius 1 is 1.20 bits per heavy atom. The van der Waals surface area contributed by atoms with Gasteiger partial charge in [0.2, 0.25) is 5.91 Å². The molecule has 1 amide bonds. The second-order valence-electron chi connectivity index (χ2n) is 5.53. The molecule has 0 spiro atoms. The highest BCUT2D eigenvalue weighted by atomic mass is 35.5. The summed E-state index contributed by atoms with van der Waals surface area (Å²) in [6.45, 7) is 2.05. The van der Waals surface area contributed by atoms with Crippen LogP contribution in [0.25, 0.3) is 0 Å². The summed E-state index contributed by atoms with van der Waals surface area (Å²) in [4.78, 5) is 12.2. The van der Waals surface area contributed by atoms with Crippen LogP contribution in [0.1, 0.15) is 30.5 Å². The molecule has 2 aromatic carbocycles. The number of thioether (sulfide) groups is 1. The number of carbonyl (C=O) groups is 1. The van der Waals surface area contributed by atoms with Gasteiger partial charge in [0, 0.05) is 15.8 Å². The van der Waals surface area contributed by atoms with Crippen LogP contribution in [0.4, 0.5) is 0 Å². The predicted molar refractivity (Wildman–Crippen MR) is 107 cm³/mol. The van der Waals surface area contributed by atoms with Gasteiger partial charge in [-0.1, -0.05) is 48.3 Å². The molecule has 134 valence electrons. The lowest BCUT2D eigenvalue weighted by Gasteiger charge is -2.18. The zero-order valence-electron chi connectivity index (χ0n) is 14.2. The lowest BCUT2D eigenvalue weighted by atomic mass is 10.0. The number of hydrogen-bond acceptors (Lipinski definition) is 3. The lowest BCUT2D eigenvalue weighted by molar-refractivity contribution is -0.119. The standard InChI is InChI=1S/C19H21Cl2NO2S/c1-3-18(13-5-8-16(24-2)9-6-13)22-19(23)12-25-11-14-4-7-15(20)10-17(14)21/h4-10,18H,3,11-12H2,1-2H3,(H,22,23)/t18-/m1/s1. The lowest BCUT2D eigenvalue weighted by Crippen LogP contribution is -2.29. The number of halogens is 2. The van der Waals surface area contributed by atoms with Gasteiger partial charge in [-0.3, -0.25) is 4.79 Å². The zero-order valence-corrected chi connectivity index (χ0v) is 16.5. The average Bonchev–Trinajstić information content (AvgIpc) is 2.61. The van der Waals surface area contributed by atoms with E-state index < -0.39 is 0 Å². The van der Waals surface area contributed by atoms with Crippen LogP contribution in [-0.4, -0.2) is 18.8 Å². The van der Waals surface area contributed by atoms with Crippen LogP contribution in [0.15, 0.2) is 42.5 Å². The molecule has 6 heteroatoms. The summed E-state index contributed by atoms with van der Waals surface area (Å²) in [7, 11) is 1.64. The molecule has 3 nitrogen and oxygen atoms in total. The fourth-order valence-electron chi connectivity index (χ4n) is 2.39. The van der Waals surface area contributed by atoms with Crippen molar-refractivity contribution in [3.05, 3.63) is 63.6 Å². The SMILES string of the molecule is CC[C@@H](NC(=O)CSCc1ccc(Cl)cc1Cl)c1ccc(OC)cc1. The molecule has 0 heterocycles. The molecule has 0 radical (unpaired) electrons. The van der Waals surface area contributed by atoms with Gasteiger partial charge in [0.25, 0.3) is 0 Å². The molecular weight excluding hydrogens is 377 g/mol. The number of amides is 1. The van der Waals surface area contributed by atoms with Crippen LogP contribution in [-0.2, 0) is 10.5 Å².